The first kappa shape index (κ1) is 23.6. The van der Waals surface area contributed by atoms with Gasteiger partial charge in [-0.2, -0.15) is 9.97 Å². The third-order valence-corrected chi connectivity index (χ3v) is 6.73. The van der Waals surface area contributed by atoms with Gasteiger partial charge in [-0.15, -0.1) is 0 Å². The van der Waals surface area contributed by atoms with E-state index in [4.69, 9.17) is 35.3 Å². The molecule has 4 atom stereocenters. The zero-order valence-corrected chi connectivity index (χ0v) is 19.5. The van der Waals surface area contributed by atoms with Crippen LogP contribution in [0.25, 0.3) is 11.2 Å². The molecule has 1 unspecified atom stereocenters. The van der Waals surface area contributed by atoms with Crippen LogP contribution in [0.1, 0.15) is 18.4 Å². The molecule has 0 amide bonds. The van der Waals surface area contributed by atoms with Crippen molar-refractivity contribution in [2.24, 2.45) is 0 Å². The number of aromatic amines is 1. The molecular formula is C23H22ClF2N3O7. The van der Waals surface area contributed by atoms with Crippen LogP contribution < -0.4 is 14.2 Å². The van der Waals surface area contributed by atoms with E-state index in [9.17, 15) is 19.0 Å². The van der Waals surface area contributed by atoms with E-state index in [-0.39, 0.29) is 53.2 Å². The van der Waals surface area contributed by atoms with E-state index in [1.165, 1.54) is 6.07 Å². The van der Waals surface area contributed by atoms with Gasteiger partial charge in [0.25, 0.3) is 6.01 Å². The lowest BCUT2D eigenvalue weighted by Gasteiger charge is -2.31. The number of nitrogens with zero attached hydrogens (tertiary/aromatic N) is 2. The van der Waals surface area contributed by atoms with Gasteiger partial charge in [-0.05, 0) is 6.07 Å². The van der Waals surface area contributed by atoms with Crippen molar-refractivity contribution in [1.82, 2.24) is 15.0 Å². The van der Waals surface area contributed by atoms with Crippen molar-refractivity contribution in [1.29, 1.82) is 0 Å². The molecule has 192 valence electrons. The molecule has 4 heterocycles. The number of fused-ring (bicyclic) bond motifs is 2. The van der Waals surface area contributed by atoms with Gasteiger partial charge in [-0.1, -0.05) is 11.6 Å². The third kappa shape index (κ3) is 4.43. The fourth-order valence-electron chi connectivity index (χ4n) is 4.48. The lowest BCUT2D eigenvalue weighted by molar-refractivity contribution is -0.0110. The number of aliphatic hydroxyl groups is 2. The summed E-state index contributed by atoms with van der Waals surface area (Å²) in [6.45, 7) is -0.0570. The molecule has 3 N–H and O–H groups in total. The Balaban J connectivity index is 1.14. The van der Waals surface area contributed by atoms with Gasteiger partial charge >= 0.3 is 0 Å². The first-order valence-electron chi connectivity index (χ1n) is 11.4. The topological polar surface area (TPSA) is 128 Å². The number of pyridine rings is 1. The Morgan fingerprint density at radius 1 is 1.03 bits per heavy atom. The SMILES string of the molecule is OC1CC(Oc2cc(F)c(COc3nc4nc(O[C@@H]5COC6[C@H](O)CO[C@@H]65)[nH]c4cc3Cl)c(F)c2)C1. The van der Waals surface area contributed by atoms with E-state index in [1.807, 2.05) is 0 Å². The first-order valence-corrected chi connectivity index (χ1v) is 11.8. The van der Waals surface area contributed by atoms with Crippen LogP contribution in [-0.4, -0.2) is 75.0 Å². The minimum atomic E-state index is -0.839. The normalized spacial score (nSPS) is 29.2. The van der Waals surface area contributed by atoms with Gasteiger partial charge in [-0.3, -0.25) is 0 Å². The molecule has 0 spiro atoms. The monoisotopic (exact) mass is 525 g/mol. The highest BCUT2D eigenvalue weighted by Gasteiger charge is 2.48. The van der Waals surface area contributed by atoms with Crippen LogP contribution >= 0.6 is 11.6 Å². The van der Waals surface area contributed by atoms with E-state index in [0.717, 1.165) is 12.1 Å². The molecule has 0 radical (unpaired) electrons. The summed E-state index contributed by atoms with van der Waals surface area (Å²) in [5.74, 6) is -1.69. The Kier molecular flexibility index (Phi) is 6.08. The molecule has 3 fully saturated rings. The summed E-state index contributed by atoms with van der Waals surface area (Å²) in [5, 5.41) is 19.3. The number of aliphatic hydroxyl groups excluding tert-OH is 2. The highest BCUT2D eigenvalue weighted by Crippen LogP contribution is 2.32. The molecule has 6 rings (SSSR count). The summed E-state index contributed by atoms with van der Waals surface area (Å²) in [6.07, 6.45) is -1.88. The second-order valence-electron chi connectivity index (χ2n) is 9.03. The second kappa shape index (κ2) is 9.27. The molecule has 13 heteroatoms. The molecule has 1 saturated carbocycles. The van der Waals surface area contributed by atoms with Gasteiger partial charge in [0.2, 0.25) is 5.88 Å². The smallest absolute Gasteiger partial charge is 0.296 e. The van der Waals surface area contributed by atoms with Crippen LogP contribution in [0.5, 0.6) is 17.6 Å². The van der Waals surface area contributed by atoms with Crippen molar-refractivity contribution in [3.05, 3.63) is 40.4 Å². The molecule has 10 nitrogen and oxygen atoms in total. The van der Waals surface area contributed by atoms with E-state index in [1.54, 1.807) is 0 Å². The van der Waals surface area contributed by atoms with Crippen molar-refractivity contribution in [3.63, 3.8) is 0 Å². The van der Waals surface area contributed by atoms with Crippen LogP contribution in [0.15, 0.2) is 18.2 Å². The summed E-state index contributed by atoms with van der Waals surface area (Å²) in [7, 11) is 0. The maximum absolute atomic E-state index is 14.6. The van der Waals surface area contributed by atoms with Crippen LogP contribution in [0.4, 0.5) is 8.78 Å². The van der Waals surface area contributed by atoms with Crippen molar-refractivity contribution >= 4 is 22.8 Å². The molecule has 3 aromatic rings. The fourth-order valence-corrected chi connectivity index (χ4v) is 4.68. The molecule has 3 aliphatic rings. The Morgan fingerprint density at radius 2 is 1.78 bits per heavy atom. The third-order valence-electron chi connectivity index (χ3n) is 6.46. The van der Waals surface area contributed by atoms with Crippen molar-refractivity contribution in [2.75, 3.05) is 13.2 Å². The predicted octanol–water partition coefficient (Wildman–Crippen LogP) is 2.28. The van der Waals surface area contributed by atoms with E-state index in [2.05, 4.69) is 15.0 Å². The molecule has 2 aromatic heterocycles. The minimum Gasteiger partial charge on any atom is -0.490 e. The molecule has 1 aliphatic carbocycles. The van der Waals surface area contributed by atoms with E-state index < -0.39 is 48.8 Å². The lowest BCUT2D eigenvalue weighted by atomic mass is 9.92. The van der Waals surface area contributed by atoms with Gasteiger partial charge in [0, 0.05) is 25.0 Å². The minimum absolute atomic E-state index is 0.0452. The number of halogens is 3. The van der Waals surface area contributed by atoms with Crippen molar-refractivity contribution in [3.8, 4) is 17.6 Å². The molecule has 2 aliphatic heterocycles. The summed E-state index contributed by atoms with van der Waals surface area (Å²) in [4.78, 5) is 11.5. The largest absolute Gasteiger partial charge is 0.490 e. The van der Waals surface area contributed by atoms with Gasteiger partial charge in [0.05, 0.1) is 30.4 Å². The molecule has 2 saturated heterocycles. The Labute approximate surface area is 208 Å². The summed E-state index contributed by atoms with van der Waals surface area (Å²) in [6, 6.07) is 3.81. The average molecular weight is 526 g/mol. The lowest BCUT2D eigenvalue weighted by Crippen LogP contribution is -2.37. The Bertz CT molecular complexity index is 1270. The van der Waals surface area contributed by atoms with Gasteiger partial charge < -0.3 is 38.9 Å². The van der Waals surface area contributed by atoms with Crippen LogP contribution in [0.2, 0.25) is 5.02 Å². The number of H-pyrrole nitrogens is 1. The molecule has 36 heavy (non-hydrogen) atoms. The number of nitrogens with one attached hydrogen (secondary N) is 1. The number of hydrogen-bond acceptors (Lipinski definition) is 9. The number of hydrogen-bond donors (Lipinski definition) is 3. The fraction of sp³-hybridized carbons (Fsp3) is 0.478. The maximum Gasteiger partial charge on any atom is 0.296 e. The van der Waals surface area contributed by atoms with E-state index >= 15 is 0 Å². The standard InChI is InChI=1S/C23H22ClF2N3O7/c24-13-5-16-21(29-23(27-16)36-18-8-33-19-17(31)7-32-20(18)19)28-22(13)34-6-12-14(25)3-11(4-15(12)26)35-10-1-9(30)2-10/h3-5,9-10,17-20,30-31H,1-2,6-8H2,(H,27,28,29)/t9?,10?,17-,18-,19?,20-/m1/s1. The van der Waals surface area contributed by atoms with Crippen molar-refractivity contribution in [2.45, 2.75) is 56.1 Å². The number of ether oxygens (including phenoxy) is 5. The number of benzene rings is 1. The zero-order valence-electron chi connectivity index (χ0n) is 18.7. The summed E-state index contributed by atoms with van der Waals surface area (Å²) < 4.78 is 57.0. The second-order valence-corrected chi connectivity index (χ2v) is 9.43. The van der Waals surface area contributed by atoms with Crippen LogP contribution in [0, 0.1) is 11.6 Å². The average Bonchev–Trinajstić information content (AvgIpc) is 3.49. The van der Waals surface area contributed by atoms with Gasteiger partial charge in [0.15, 0.2) is 11.8 Å². The van der Waals surface area contributed by atoms with Crippen molar-refractivity contribution < 1.29 is 42.7 Å². The highest BCUT2D eigenvalue weighted by atomic mass is 35.5. The Morgan fingerprint density at radius 3 is 2.53 bits per heavy atom. The first-order chi connectivity index (χ1) is 17.3. The quantitative estimate of drug-likeness (QED) is 0.425. The number of imidazole rings is 1. The zero-order chi connectivity index (χ0) is 25.0. The summed E-state index contributed by atoms with van der Waals surface area (Å²) >= 11 is 6.26. The molecular weight excluding hydrogens is 504 g/mol. The number of aromatic nitrogens is 3. The van der Waals surface area contributed by atoms with Crippen LogP contribution in [0.3, 0.4) is 0 Å². The highest BCUT2D eigenvalue weighted by molar-refractivity contribution is 6.32. The van der Waals surface area contributed by atoms with Gasteiger partial charge in [0.1, 0.15) is 53.4 Å². The number of rotatable bonds is 7. The van der Waals surface area contributed by atoms with E-state index in [0.29, 0.717) is 18.4 Å². The molecule has 1 aromatic carbocycles. The maximum atomic E-state index is 14.6. The molecule has 0 bridgehead atoms. The predicted molar refractivity (Wildman–Crippen MR) is 119 cm³/mol. The van der Waals surface area contributed by atoms with Gasteiger partial charge in [-0.25, -0.2) is 8.78 Å². The Hall–Kier alpha value is -2.77. The van der Waals surface area contributed by atoms with Crippen LogP contribution in [-0.2, 0) is 16.1 Å². The summed E-state index contributed by atoms with van der Waals surface area (Å²) in [5.41, 5.74) is 0.374.